The van der Waals surface area contributed by atoms with Crippen LogP contribution in [0.2, 0.25) is 0 Å². The highest BCUT2D eigenvalue weighted by molar-refractivity contribution is 7.89. The lowest BCUT2D eigenvalue weighted by Gasteiger charge is -2.15. The highest BCUT2D eigenvalue weighted by atomic mass is 32.2. The van der Waals surface area contributed by atoms with Crippen LogP contribution in [-0.2, 0) is 14.8 Å². The van der Waals surface area contributed by atoms with Crippen LogP contribution in [0.4, 0.5) is 5.82 Å². The lowest BCUT2D eigenvalue weighted by molar-refractivity contribution is -0.138. The molecule has 1 aliphatic rings. The molecule has 1 aromatic rings. The number of carboxylic acid groups (broad SMARTS) is 1. The number of hydrogen-bond donors (Lipinski definition) is 3. The molecule has 1 saturated carbocycles. The molecule has 0 aliphatic heterocycles. The van der Waals surface area contributed by atoms with E-state index < -0.39 is 22.0 Å². The predicted octanol–water partition coefficient (Wildman–Crippen LogP) is 1.83. The summed E-state index contributed by atoms with van der Waals surface area (Å²) in [5, 5.41) is 12.0. The summed E-state index contributed by atoms with van der Waals surface area (Å²) in [6.45, 7) is 2.45. The molecule has 0 aromatic carbocycles. The van der Waals surface area contributed by atoms with E-state index in [-0.39, 0.29) is 4.90 Å². The summed E-state index contributed by atoms with van der Waals surface area (Å²) < 4.78 is 26.7. The molecular weight excluding hydrogens is 318 g/mol. The fourth-order valence-electron chi connectivity index (χ4n) is 2.10. The molecule has 1 unspecified atom stereocenters. The third-order valence-corrected chi connectivity index (χ3v) is 5.18. The van der Waals surface area contributed by atoms with E-state index >= 15 is 0 Å². The fourth-order valence-corrected chi connectivity index (χ4v) is 3.16. The van der Waals surface area contributed by atoms with E-state index in [0.29, 0.717) is 24.7 Å². The molecule has 1 fully saturated rings. The van der Waals surface area contributed by atoms with Crippen LogP contribution in [-0.4, -0.2) is 37.1 Å². The second-order valence-corrected chi connectivity index (χ2v) is 7.62. The van der Waals surface area contributed by atoms with Crippen LogP contribution in [0.15, 0.2) is 23.2 Å². The molecule has 0 saturated heterocycles. The first-order valence-electron chi connectivity index (χ1n) is 7.87. The summed E-state index contributed by atoms with van der Waals surface area (Å²) in [4.78, 5) is 15.3. The SMILES string of the molecule is CCCCC(Nc1ccc(S(=O)(=O)NCC2CC2)cn1)C(=O)O. The number of carbonyl (C=O) groups is 1. The van der Waals surface area contributed by atoms with Crippen molar-refractivity contribution in [3.8, 4) is 0 Å². The summed E-state index contributed by atoms with van der Waals surface area (Å²) in [6.07, 6.45) is 5.58. The van der Waals surface area contributed by atoms with E-state index in [1.54, 1.807) is 0 Å². The quantitative estimate of drug-likeness (QED) is 0.599. The van der Waals surface area contributed by atoms with Crippen LogP contribution in [0.3, 0.4) is 0 Å². The van der Waals surface area contributed by atoms with E-state index in [1.807, 2.05) is 6.92 Å². The Hall–Kier alpha value is -1.67. The van der Waals surface area contributed by atoms with Crippen LogP contribution >= 0.6 is 0 Å². The second kappa shape index (κ2) is 7.74. The fraction of sp³-hybridized carbons (Fsp3) is 0.600. The number of sulfonamides is 1. The van der Waals surface area contributed by atoms with Crippen LogP contribution in [0, 0.1) is 5.92 Å². The molecule has 0 amide bonds. The predicted molar refractivity (Wildman–Crippen MR) is 86.7 cm³/mol. The molecule has 8 heteroatoms. The van der Waals surface area contributed by atoms with Gasteiger partial charge >= 0.3 is 5.97 Å². The Labute approximate surface area is 136 Å². The molecule has 2 rings (SSSR count). The Morgan fingerprint density at radius 2 is 2.17 bits per heavy atom. The first kappa shape index (κ1) is 17.7. The lowest BCUT2D eigenvalue weighted by atomic mass is 10.1. The van der Waals surface area contributed by atoms with Gasteiger partial charge in [0, 0.05) is 12.7 Å². The van der Waals surface area contributed by atoms with Gasteiger partial charge in [0.05, 0.1) is 0 Å². The normalized spacial score (nSPS) is 16.0. The average Bonchev–Trinajstić information content (AvgIpc) is 3.34. The third-order valence-electron chi connectivity index (χ3n) is 3.77. The van der Waals surface area contributed by atoms with Crippen molar-refractivity contribution in [2.24, 2.45) is 5.92 Å². The molecule has 1 aliphatic carbocycles. The topological polar surface area (TPSA) is 108 Å². The first-order valence-corrected chi connectivity index (χ1v) is 9.35. The van der Waals surface area contributed by atoms with E-state index in [4.69, 9.17) is 0 Å². The minimum Gasteiger partial charge on any atom is -0.480 e. The highest BCUT2D eigenvalue weighted by Crippen LogP contribution is 2.28. The van der Waals surface area contributed by atoms with Crippen LogP contribution in [0.1, 0.15) is 39.0 Å². The maximum absolute atomic E-state index is 12.1. The molecule has 7 nitrogen and oxygen atoms in total. The second-order valence-electron chi connectivity index (χ2n) is 5.85. The number of carboxylic acids is 1. The molecule has 0 radical (unpaired) electrons. The summed E-state index contributed by atoms with van der Waals surface area (Å²) in [5.41, 5.74) is 0. The largest absolute Gasteiger partial charge is 0.480 e. The zero-order valence-electron chi connectivity index (χ0n) is 13.2. The standard InChI is InChI=1S/C15H23N3O4S/c1-2-3-4-13(15(19)20)18-14-8-7-12(10-16-14)23(21,22)17-9-11-5-6-11/h7-8,10-11,13,17H,2-6,9H2,1H3,(H,16,18)(H,19,20). The van der Waals surface area contributed by atoms with Crippen molar-refractivity contribution < 1.29 is 18.3 Å². The van der Waals surface area contributed by atoms with Gasteiger partial charge in [-0.1, -0.05) is 19.8 Å². The monoisotopic (exact) mass is 341 g/mol. The number of anilines is 1. The molecule has 0 bridgehead atoms. The van der Waals surface area contributed by atoms with Crippen molar-refractivity contribution >= 4 is 21.8 Å². The van der Waals surface area contributed by atoms with Crippen molar-refractivity contribution in [2.75, 3.05) is 11.9 Å². The Balaban J connectivity index is 1.98. The smallest absolute Gasteiger partial charge is 0.326 e. The highest BCUT2D eigenvalue weighted by Gasteiger charge is 2.24. The van der Waals surface area contributed by atoms with Crippen molar-refractivity contribution in [1.82, 2.24) is 9.71 Å². The van der Waals surface area contributed by atoms with Gasteiger partial charge in [0.25, 0.3) is 0 Å². The van der Waals surface area contributed by atoms with Gasteiger partial charge in [-0.2, -0.15) is 0 Å². The molecule has 23 heavy (non-hydrogen) atoms. The van der Waals surface area contributed by atoms with E-state index in [9.17, 15) is 18.3 Å². The minimum absolute atomic E-state index is 0.0872. The zero-order valence-corrected chi connectivity index (χ0v) is 14.0. The summed E-state index contributed by atoms with van der Waals surface area (Å²) in [5.74, 6) is -0.133. The summed E-state index contributed by atoms with van der Waals surface area (Å²) in [6, 6.07) is 2.20. The number of pyridine rings is 1. The third kappa shape index (κ3) is 5.47. The molecule has 1 heterocycles. The molecule has 128 valence electrons. The Bertz CT molecular complexity index is 627. The van der Waals surface area contributed by atoms with Crippen molar-refractivity contribution in [3.05, 3.63) is 18.3 Å². The Kier molecular flexibility index (Phi) is 5.95. The molecular formula is C15H23N3O4S. The first-order chi connectivity index (χ1) is 10.9. The molecule has 0 spiro atoms. The van der Waals surface area contributed by atoms with Crippen molar-refractivity contribution in [2.45, 2.75) is 50.0 Å². The minimum atomic E-state index is -3.55. The number of aliphatic carboxylic acids is 1. The van der Waals surface area contributed by atoms with Gasteiger partial charge in [-0.25, -0.2) is 22.9 Å². The van der Waals surface area contributed by atoms with Gasteiger partial charge in [-0.05, 0) is 37.3 Å². The van der Waals surface area contributed by atoms with Gasteiger partial charge < -0.3 is 10.4 Å². The lowest BCUT2D eigenvalue weighted by Crippen LogP contribution is -2.29. The number of aromatic nitrogens is 1. The number of nitrogens with one attached hydrogen (secondary N) is 2. The average molecular weight is 341 g/mol. The van der Waals surface area contributed by atoms with E-state index in [1.165, 1.54) is 18.3 Å². The van der Waals surface area contributed by atoms with Crippen LogP contribution in [0.5, 0.6) is 0 Å². The van der Waals surface area contributed by atoms with Crippen molar-refractivity contribution in [1.29, 1.82) is 0 Å². The van der Waals surface area contributed by atoms with Crippen molar-refractivity contribution in [3.63, 3.8) is 0 Å². The Morgan fingerprint density at radius 1 is 1.43 bits per heavy atom. The van der Waals surface area contributed by atoms with Crippen LogP contribution < -0.4 is 10.0 Å². The number of rotatable bonds is 10. The summed E-state index contributed by atoms with van der Waals surface area (Å²) >= 11 is 0. The van der Waals surface area contributed by atoms with E-state index in [2.05, 4.69) is 15.0 Å². The number of nitrogens with zero attached hydrogens (tertiary/aromatic N) is 1. The van der Waals surface area contributed by atoms with E-state index in [0.717, 1.165) is 25.7 Å². The number of unbranched alkanes of at least 4 members (excludes halogenated alkanes) is 1. The van der Waals surface area contributed by atoms with Crippen LogP contribution in [0.25, 0.3) is 0 Å². The van der Waals surface area contributed by atoms with Gasteiger partial charge in [0.2, 0.25) is 10.0 Å². The molecule has 3 N–H and O–H groups in total. The summed E-state index contributed by atoms with van der Waals surface area (Å²) in [7, 11) is -3.55. The van der Waals surface area contributed by atoms with Gasteiger partial charge in [0.15, 0.2) is 0 Å². The maximum Gasteiger partial charge on any atom is 0.326 e. The van der Waals surface area contributed by atoms with Gasteiger partial charge in [-0.3, -0.25) is 0 Å². The molecule has 1 atom stereocenters. The number of hydrogen-bond acceptors (Lipinski definition) is 5. The van der Waals surface area contributed by atoms with Gasteiger partial charge in [-0.15, -0.1) is 0 Å². The molecule has 1 aromatic heterocycles. The Morgan fingerprint density at radius 3 is 2.70 bits per heavy atom. The zero-order chi connectivity index (χ0) is 16.9. The van der Waals surface area contributed by atoms with Gasteiger partial charge in [0.1, 0.15) is 16.8 Å². The maximum atomic E-state index is 12.1.